The van der Waals surface area contributed by atoms with Crippen LogP contribution in [0.15, 0.2) is 59.6 Å². The lowest BCUT2D eigenvalue weighted by Gasteiger charge is -2.07. The van der Waals surface area contributed by atoms with Crippen molar-refractivity contribution >= 4 is 15.9 Å². The van der Waals surface area contributed by atoms with Crippen LogP contribution < -0.4 is 0 Å². The molecule has 2 aromatic carbocycles. The van der Waals surface area contributed by atoms with Crippen molar-refractivity contribution in [2.24, 2.45) is 0 Å². The number of hydrogen-bond acceptors (Lipinski definition) is 1. The molecule has 0 heterocycles. The van der Waals surface area contributed by atoms with Crippen molar-refractivity contribution in [3.8, 4) is 16.9 Å². The number of rotatable bonds is 3. The molecule has 0 aliphatic rings. The minimum atomic E-state index is 0.285. The van der Waals surface area contributed by atoms with Crippen LogP contribution in [0, 0.1) is 0 Å². The number of allylic oxidation sites excluding steroid dienone is 1. The standard InChI is InChI=1S/C15H13BrO/c1-2-3-11-4-9-14(15(16)10-11)12-5-7-13(17)8-6-12/h2,4-10,17H,1,3H2. The molecule has 0 aliphatic carbocycles. The first-order valence-electron chi connectivity index (χ1n) is 5.39. The normalized spacial score (nSPS) is 10.2. The monoisotopic (exact) mass is 288 g/mol. The fraction of sp³-hybridized carbons (Fsp3) is 0.0667. The molecule has 86 valence electrons. The van der Waals surface area contributed by atoms with Gasteiger partial charge in [-0.1, -0.05) is 46.3 Å². The number of benzene rings is 2. The molecule has 0 aromatic heterocycles. The molecule has 0 unspecified atom stereocenters. The van der Waals surface area contributed by atoms with Crippen LogP contribution in [0.3, 0.4) is 0 Å². The van der Waals surface area contributed by atoms with Gasteiger partial charge in [-0.15, -0.1) is 6.58 Å². The first kappa shape index (κ1) is 11.9. The third-order valence-electron chi connectivity index (χ3n) is 2.59. The molecule has 2 heteroatoms. The van der Waals surface area contributed by atoms with E-state index in [2.05, 4.69) is 40.7 Å². The Morgan fingerprint density at radius 2 is 1.82 bits per heavy atom. The lowest BCUT2D eigenvalue weighted by Crippen LogP contribution is -1.84. The Kier molecular flexibility index (Phi) is 3.64. The number of aromatic hydroxyl groups is 1. The summed E-state index contributed by atoms with van der Waals surface area (Å²) in [4.78, 5) is 0. The maximum absolute atomic E-state index is 9.26. The Bertz CT molecular complexity index is 529. The highest BCUT2D eigenvalue weighted by Gasteiger charge is 2.03. The van der Waals surface area contributed by atoms with Gasteiger partial charge < -0.3 is 5.11 Å². The highest BCUT2D eigenvalue weighted by molar-refractivity contribution is 9.10. The lowest BCUT2D eigenvalue weighted by molar-refractivity contribution is 0.475. The van der Waals surface area contributed by atoms with Crippen molar-refractivity contribution in [1.29, 1.82) is 0 Å². The second-order valence-corrected chi connectivity index (χ2v) is 4.71. The van der Waals surface area contributed by atoms with E-state index >= 15 is 0 Å². The maximum atomic E-state index is 9.26. The van der Waals surface area contributed by atoms with Crippen LogP contribution >= 0.6 is 15.9 Å². The van der Waals surface area contributed by atoms with Crippen LogP contribution in [0.2, 0.25) is 0 Å². The van der Waals surface area contributed by atoms with E-state index in [1.165, 1.54) is 5.56 Å². The smallest absolute Gasteiger partial charge is 0.115 e. The molecule has 0 bridgehead atoms. The predicted octanol–water partition coefficient (Wildman–Crippen LogP) is 4.55. The number of phenolic OH excluding ortho intramolecular Hbond substituents is 1. The van der Waals surface area contributed by atoms with Crippen LogP contribution in [0.5, 0.6) is 5.75 Å². The quantitative estimate of drug-likeness (QED) is 0.822. The Morgan fingerprint density at radius 3 is 2.41 bits per heavy atom. The zero-order valence-electron chi connectivity index (χ0n) is 9.36. The van der Waals surface area contributed by atoms with Gasteiger partial charge >= 0.3 is 0 Å². The van der Waals surface area contributed by atoms with E-state index in [0.717, 1.165) is 22.0 Å². The molecule has 0 atom stereocenters. The van der Waals surface area contributed by atoms with E-state index in [0.29, 0.717) is 0 Å². The lowest BCUT2D eigenvalue weighted by atomic mass is 10.0. The summed E-state index contributed by atoms with van der Waals surface area (Å²) in [6, 6.07) is 13.5. The Hall–Kier alpha value is -1.54. The van der Waals surface area contributed by atoms with Gasteiger partial charge in [0.15, 0.2) is 0 Å². The molecule has 0 saturated heterocycles. The van der Waals surface area contributed by atoms with E-state index in [1.807, 2.05) is 18.2 Å². The van der Waals surface area contributed by atoms with E-state index in [9.17, 15) is 5.11 Å². The highest BCUT2D eigenvalue weighted by Crippen LogP contribution is 2.30. The fourth-order valence-electron chi connectivity index (χ4n) is 1.73. The SMILES string of the molecule is C=CCc1ccc(-c2ccc(O)cc2)c(Br)c1. The summed E-state index contributed by atoms with van der Waals surface area (Å²) in [6.45, 7) is 3.73. The zero-order valence-corrected chi connectivity index (χ0v) is 10.9. The van der Waals surface area contributed by atoms with Gasteiger partial charge in [-0.3, -0.25) is 0 Å². The summed E-state index contributed by atoms with van der Waals surface area (Å²) in [5.41, 5.74) is 3.44. The Morgan fingerprint density at radius 1 is 1.12 bits per heavy atom. The molecular formula is C15H13BrO. The van der Waals surface area contributed by atoms with Crippen molar-refractivity contribution in [2.45, 2.75) is 6.42 Å². The third kappa shape index (κ3) is 2.77. The van der Waals surface area contributed by atoms with Gasteiger partial charge in [0.05, 0.1) is 0 Å². The van der Waals surface area contributed by atoms with Gasteiger partial charge in [0.1, 0.15) is 5.75 Å². The van der Waals surface area contributed by atoms with Crippen molar-refractivity contribution in [1.82, 2.24) is 0 Å². The van der Waals surface area contributed by atoms with Crippen molar-refractivity contribution < 1.29 is 5.11 Å². The minimum Gasteiger partial charge on any atom is -0.508 e. The molecule has 0 aliphatic heterocycles. The summed E-state index contributed by atoms with van der Waals surface area (Å²) in [6.07, 6.45) is 2.76. The van der Waals surface area contributed by atoms with E-state index in [1.54, 1.807) is 12.1 Å². The zero-order chi connectivity index (χ0) is 12.3. The second kappa shape index (κ2) is 5.19. The molecule has 0 fully saturated rings. The van der Waals surface area contributed by atoms with Crippen molar-refractivity contribution in [3.63, 3.8) is 0 Å². The van der Waals surface area contributed by atoms with Crippen LogP contribution in [0.4, 0.5) is 0 Å². The average molecular weight is 289 g/mol. The Balaban J connectivity index is 2.39. The third-order valence-corrected chi connectivity index (χ3v) is 3.25. The van der Waals surface area contributed by atoms with Gasteiger partial charge in [-0.25, -0.2) is 0 Å². The molecule has 2 rings (SSSR count). The van der Waals surface area contributed by atoms with Crippen molar-refractivity contribution in [3.05, 3.63) is 65.2 Å². The summed E-state index contributed by atoms with van der Waals surface area (Å²) < 4.78 is 1.06. The minimum absolute atomic E-state index is 0.285. The van der Waals surface area contributed by atoms with Crippen LogP contribution in [0.1, 0.15) is 5.56 Å². The molecule has 1 nitrogen and oxygen atoms in total. The number of halogens is 1. The van der Waals surface area contributed by atoms with Gasteiger partial charge in [0.25, 0.3) is 0 Å². The fourth-order valence-corrected chi connectivity index (χ4v) is 2.38. The summed E-state index contributed by atoms with van der Waals surface area (Å²) >= 11 is 3.58. The molecule has 0 spiro atoms. The highest BCUT2D eigenvalue weighted by atomic mass is 79.9. The summed E-state index contributed by atoms with van der Waals surface area (Å²) in [5, 5.41) is 9.26. The summed E-state index contributed by atoms with van der Waals surface area (Å²) in [5.74, 6) is 0.285. The molecule has 0 amide bonds. The second-order valence-electron chi connectivity index (χ2n) is 3.85. The molecule has 17 heavy (non-hydrogen) atoms. The van der Waals surface area contributed by atoms with Crippen LogP contribution in [-0.2, 0) is 6.42 Å². The Labute approximate surface area is 110 Å². The van der Waals surface area contributed by atoms with Gasteiger partial charge in [0, 0.05) is 4.47 Å². The molecule has 1 N–H and O–H groups in total. The number of hydrogen-bond donors (Lipinski definition) is 1. The van der Waals surface area contributed by atoms with Gasteiger partial charge in [-0.05, 0) is 41.3 Å². The predicted molar refractivity (Wildman–Crippen MR) is 75.1 cm³/mol. The van der Waals surface area contributed by atoms with E-state index in [-0.39, 0.29) is 5.75 Å². The first-order valence-corrected chi connectivity index (χ1v) is 6.19. The van der Waals surface area contributed by atoms with E-state index in [4.69, 9.17) is 0 Å². The van der Waals surface area contributed by atoms with Crippen LogP contribution in [-0.4, -0.2) is 5.11 Å². The average Bonchev–Trinajstić information content (AvgIpc) is 2.31. The molecule has 0 saturated carbocycles. The molecular weight excluding hydrogens is 276 g/mol. The molecule has 2 aromatic rings. The largest absolute Gasteiger partial charge is 0.508 e. The number of phenols is 1. The van der Waals surface area contributed by atoms with Crippen molar-refractivity contribution in [2.75, 3.05) is 0 Å². The van der Waals surface area contributed by atoms with Crippen LogP contribution in [0.25, 0.3) is 11.1 Å². The van der Waals surface area contributed by atoms with Gasteiger partial charge in [-0.2, -0.15) is 0 Å². The first-order chi connectivity index (χ1) is 8.20. The molecule has 0 radical (unpaired) electrons. The topological polar surface area (TPSA) is 20.2 Å². The maximum Gasteiger partial charge on any atom is 0.115 e. The van der Waals surface area contributed by atoms with E-state index < -0.39 is 0 Å². The summed E-state index contributed by atoms with van der Waals surface area (Å²) in [7, 11) is 0. The van der Waals surface area contributed by atoms with Gasteiger partial charge in [0.2, 0.25) is 0 Å².